The van der Waals surface area contributed by atoms with E-state index in [1.807, 2.05) is 0 Å². The second-order valence-electron chi connectivity index (χ2n) is 3.49. The third-order valence-electron chi connectivity index (χ3n) is 2.61. The second kappa shape index (κ2) is 6.67. The van der Waals surface area contributed by atoms with Gasteiger partial charge in [-0.15, -0.1) is 0 Å². The average molecular weight is 188 g/mol. The van der Waals surface area contributed by atoms with E-state index < -0.39 is 8.32 Å². The third kappa shape index (κ3) is 3.72. The Bertz CT molecular complexity index is 100. The summed E-state index contributed by atoms with van der Waals surface area (Å²) >= 11 is 0. The molecule has 0 unspecified atom stereocenters. The van der Waals surface area contributed by atoms with E-state index in [1.165, 1.54) is 31.0 Å². The standard InChI is InChI=1S/C10H24OSi/c1-5-9-11-12(7-3,8-4)10-6-2/h5-10H2,1-4H3. The average Bonchev–Trinajstić information content (AvgIpc) is 2.13. The minimum Gasteiger partial charge on any atom is -0.417 e. The zero-order valence-electron chi connectivity index (χ0n) is 9.15. The lowest BCUT2D eigenvalue weighted by Crippen LogP contribution is -2.36. The first-order valence-corrected chi connectivity index (χ1v) is 7.91. The molecule has 1 nitrogen and oxygen atoms in total. The van der Waals surface area contributed by atoms with Gasteiger partial charge in [0.25, 0.3) is 0 Å². The Labute approximate surface area is 78.6 Å². The van der Waals surface area contributed by atoms with Crippen molar-refractivity contribution in [1.29, 1.82) is 0 Å². The van der Waals surface area contributed by atoms with Gasteiger partial charge in [-0.3, -0.25) is 0 Å². The van der Waals surface area contributed by atoms with Gasteiger partial charge in [0.2, 0.25) is 0 Å². The van der Waals surface area contributed by atoms with Crippen LogP contribution in [0.2, 0.25) is 18.1 Å². The lowest BCUT2D eigenvalue weighted by molar-refractivity contribution is 0.298. The molecule has 0 heterocycles. The van der Waals surface area contributed by atoms with E-state index in [-0.39, 0.29) is 0 Å². The summed E-state index contributed by atoms with van der Waals surface area (Å²) in [4.78, 5) is 0. The highest BCUT2D eigenvalue weighted by Crippen LogP contribution is 2.23. The number of hydrogen-bond acceptors (Lipinski definition) is 1. The maximum absolute atomic E-state index is 6.06. The van der Waals surface area contributed by atoms with Crippen molar-refractivity contribution in [2.45, 2.75) is 58.7 Å². The molecule has 12 heavy (non-hydrogen) atoms. The lowest BCUT2D eigenvalue weighted by atomic mass is 10.5. The Morgan fingerprint density at radius 2 is 1.50 bits per heavy atom. The Kier molecular flexibility index (Phi) is 6.77. The van der Waals surface area contributed by atoms with Crippen LogP contribution < -0.4 is 0 Å². The molecule has 0 amide bonds. The molecule has 0 spiro atoms. The summed E-state index contributed by atoms with van der Waals surface area (Å²) in [5.41, 5.74) is 0. The Hall–Kier alpha value is 0.177. The van der Waals surface area contributed by atoms with Crippen LogP contribution >= 0.6 is 0 Å². The van der Waals surface area contributed by atoms with Crippen molar-refractivity contribution in [3.8, 4) is 0 Å². The fraction of sp³-hybridized carbons (Fsp3) is 1.00. The van der Waals surface area contributed by atoms with E-state index in [2.05, 4.69) is 27.7 Å². The molecule has 0 aromatic carbocycles. The summed E-state index contributed by atoms with van der Waals surface area (Å²) in [6.07, 6.45) is 2.45. The maximum atomic E-state index is 6.06. The maximum Gasteiger partial charge on any atom is 0.192 e. The number of rotatable bonds is 7. The van der Waals surface area contributed by atoms with Gasteiger partial charge in [0.1, 0.15) is 0 Å². The monoisotopic (exact) mass is 188 g/mol. The molecule has 0 N–H and O–H groups in total. The van der Waals surface area contributed by atoms with Crippen LogP contribution in [-0.4, -0.2) is 14.9 Å². The molecular weight excluding hydrogens is 164 g/mol. The van der Waals surface area contributed by atoms with Crippen molar-refractivity contribution in [3.63, 3.8) is 0 Å². The van der Waals surface area contributed by atoms with Gasteiger partial charge in [0.15, 0.2) is 8.32 Å². The molecule has 0 aliphatic rings. The highest BCUT2D eigenvalue weighted by Gasteiger charge is 2.29. The largest absolute Gasteiger partial charge is 0.417 e. The Morgan fingerprint density at radius 3 is 1.83 bits per heavy atom. The molecule has 0 radical (unpaired) electrons. The normalized spacial score (nSPS) is 12.0. The molecule has 0 rings (SSSR count). The Balaban J connectivity index is 3.95. The SMILES string of the molecule is CCCO[Si](CC)(CC)CCC. The summed E-state index contributed by atoms with van der Waals surface area (Å²) in [7, 11) is -1.26. The molecule has 0 aliphatic carbocycles. The molecule has 0 aliphatic heterocycles. The van der Waals surface area contributed by atoms with Crippen LogP contribution in [0.3, 0.4) is 0 Å². The van der Waals surface area contributed by atoms with Crippen molar-refractivity contribution < 1.29 is 4.43 Å². The molecule has 0 atom stereocenters. The second-order valence-corrected chi connectivity index (χ2v) is 8.06. The quantitative estimate of drug-likeness (QED) is 0.552. The number of hydrogen-bond donors (Lipinski definition) is 0. The van der Waals surface area contributed by atoms with Gasteiger partial charge in [-0.2, -0.15) is 0 Å². The van der Waals surface area contributed by atoms with Crippen molar-refractivity contribution in [2.24, 2.45) is 0 Å². The van der Waals surface area contributed by atoms with Gasteiger partial charge in [0, 0.05) is 6.61 Å². The predicted molar refractivity (Wildman–Crippen MR) is 58.1 cm³/mol. The fourth-order valence-corrected chi connectivity index (χ4v) is 4.96. The molecule has 0 aromatic heterocycles. The Morgan fingerprint density at radius 1 is 0.917 bits per heavy atom. The molecule has 74 valence electrons. The van der Waals surface area contributed by atoms with Crippen LogP contribution in [0.15, 0.2) is 0 Å². The minimum absolute atomic E-state index is 0.980. The summed E-state index contributed by atoms with van der Waals surface area (Å²) in [5, 5.41) is 0. The summed E-state index contributed by atoms with van der Waals surface area (Å²) in [6, 6.07) is 3.93. The van der Waals surface area contributed by atoms with E-state index in [0.29, 0.717) is 0 Å². The van der Waals surface area contributed by atoms with Crippen molar-refractivity contribution in [1.82, 2.24) is 0 Å². The van der Waals surface area contributed by atoms with Gasteiger partial charge in [0.05, 0.1) is 0 Å². The molecule has 0 saturated carbocycles. The minimum atomic E-state index is -1.26. The predicted octanol–water partition coefficient (Wildman–Crippen LogP) is 3.81. The van der Waals surface area contributed by atoms with E-state index in [1.54, 1.807) is 0 Å². The van der Waals surface area contributed by atoms with E-state index in [4.69, 9.17) is 4.43 Å². The van der Waals surface area contributed by atoms with Gasteiger partial charge < -0.3 is 4.43 Å². The molecular formula is C10H24OSi. The van der Waals surface area contributed by atoms with Crippen LogP contribution in [0, 0.1) is 0 Å². The topological polar surface area (TPSA) is 9.23 Å². The van der Waals surface area contributed by atoms with Crippen LogP contribution in [0.1, 0.15) is 40.5 Å². The van der Waals surface area contributed by atoms with Crippen molar-refractivity contribution in [3.05, 3.63) is 0 Å². The first-order chi connectivity index (χ1) is 5.74. The van der Waals surface area contributed by atoms with Crippen molar-refractivity contribution in [2.75, 3.05) is 6.61 Å². The highest BCUT2D eigenvalue weighted by molar-refractivity contribution is 6.73. The van der Waals surface area contributed by atoms with Gasteiger partial charge in [-0.05, 0) is 24.6 Å². The zero-order chi connectivity index (χ0) is 9.45. The molecule has 0 bridgehead atoms. The van der Waals surface area contributed by atoms with Crippen LogP contribution in [-0.2, 0) is 4.43 Å². The smallest absolute Gasteiger partial charge is 0.192 e. The lowest BCUT2D eigenvalue weighted by Gasteiger charge is -2.28. The molecule has 0 saturated heterocycles. The zero-order valence-corrected chi connectivity index (χ0v) is 10.2. The van der Waals surface area contributed by atoms with E-state index in [9.17, 15) is 0 Å². The summed E-state index contributed by atoms with van der Waals surface area (Å²) < 4.78 is 6.06. The van der Waals surface area contributed by atoms with E-state index in [0.717, 1.165) is 6.61 Å². The first-order valence-electron chi connectivity index (χ1n) is 5.38. The van der Waals surface area contributed by atoms with Crippen LogP contribution in [0.4, 0.5) is 0 Å². The highest BCUT2D eigenvalue weighted by atomic mass is 28.4. The third-order valence-corrected chi connectivity index (χ3v) is 7.41. The summed E-state index contributed by atoms with van der Waals surface area (Å²) in [5.74, 6) is 0. The first kappa shape index (κ1) is 12.2. The molecule has 2 heteroatoms. The van der Waals surface area contributed by atoms with Crippen LogP contribution in [0.25, 0.3) is 0 Å². The van der Waals surface area contributed by atoms with Crippen LogP contribution in [0.5, 0.6) is 0 Å². The van der Waals surface area contributed by atoms with Gasteiger partial charge >= 0.3 is 0 Å². The van der Waals surface area contributed by atoms with E-state index >= 15 is 0 Å². The molecule has 0 aromatic rings. The molecule has 0 fully saturated rings. The van der Waals surface area contributed by atoms with Gasteiger partial charge in [-0.25, -0.2) is 0 Å². The van der Waals surface area contributed by atoms with Crippen molar-refractivity contribution >= 4 is 8.32 Å². The summed E-state index contributed by atoms with van der Waals surface area (Å²) in [6.45, 7) is 10.0. The van der Waals surface area contributed by atoms with Gasteiger partial charge in [-0.1, -0.05) is 34.1 Å². The fourth-order valence-electron chi connectivity index (χ4n) is 1.65.